The molecule has 0 bridgehead atoms. The van der Waals surface area contributed by atoms with Crippen molar-refractivity contribution in [2.45, 2.75) is 13.3 Å². The Kier molecular flexibility index (Phi) is 4.19. The van der Waals surface area contributed by atoms with E-state index in [0.717, 1.165) is 11.3 Å². The van der Waals surface area contributed by atoms with Crippen molar-refractivity contribution < 1.29 is 13.2 Å². The van der Waals surface area contributed by atoms with Gasteiger partial charge in [-0.25, -0.2) is 8.42 Å². The minimum Gasteiger partial charge on any atom is -0.294 e. The van der Waals surface area contributed by atoms with E-state index in [1.54, 1.807) is 0 Å². The summed E-state index contributed by atoms with van der Waals surface area (Å²) in [6.07, 6.45) is 0.944. The molecule has 0 N–H and O–H groups in total. The average Bonchev–Trinajstić information content (AvgIpc) is 2.80. The number of carbonyl (C=O) groups is 1. The lowest BCUT2D eigenvalue weighted by Crippen LogP contribution is -2.42. The van der Waals surface area contributed by atoms with Crippen LogP contribution in [0.25, 0.3) is 0 Å². The van der Waals surface area contributed by atoms with E-state index in [9.17, 15) is 13.2 Å². The molecular weight excluding hydrogens is 270 g/mol. The molecule has 0 aromatic carbocycles. The summed E-state index contributed by atoms with van der Waals surface area (Å²) in [5.41, 5.74) is 0. The molecule has 1 fully saturated rings. The van der Waals surface area contributed by atoms with Crippen LogP contribution in [-0.2, 0) is 16.3 Å². The van der Waals surface area contributed by atoms with Crippen molar-refractivity contribution >= 4 is 27.0 Å². The lowest BCUT2D eigenvalue weighted by molar-refractivity contribution is 0.0940. The van der Waals surface area contributed by atoms with Crippen LogP contribution in [-0.4, -0.2) is 50.2 Å². The average molecular weight is 287 g/mol. The molecule has 0 saturated carbocycles. The summed E-state index contributed by atoms with van der Waals surface area (Å²) in [6.45, 7) is 3.34. The fourth-order valence-electron chi connectivity index (χ4n) is 1.91. The lowest BCUT2D eigenvalue weighted by Gasteiger charge is -2.25. The van der Waals surface area contributed by atoms with Gasteiger partial charge >= 0.3 is 0 Å². The minimum absolute atomic E-state index is 0.0963. The van der Waals surface area contributed by atoms with Gasteiger partial charge < -0.3 is 0 Å². The molecule has 1 aromatic rings. The monoisotopic (exact) mass is 287 g/mol. The molecule has 1 aliphatic rings. The molecule has 2 heterocycles. The number of nitrogens with zero attached hydrogens (tertiary/aromatic N) is 1. The number of thiophene rings is 1. The van der Waals surface area contributed by atoms with Crippen LogP contribution < -0.4 is 0 Å². The Balaban J connectivity index is 1.92. The molecule has 0 amide bonds. The first-order valence-corrected chi connectivity index (χ1v) is 8.68. The van der Waals surface area contributed by atoms with Gasteiger partial charge in [-0.15, -0.1) is 11.3 Å². The maximum atomic E-state index is 12.0. The van der Waals surface area contributed by atoms with E-state index >= 15 is 0 Å². The van der Waals surface area contributed by atoms with Crippen LogP contribution in [0.2, 0.25) is 0 Å². The van der Waals surface area contributed by atoms with Crippen LogP contribution in [0.15, 0.2) is 12.1 Å². The zero-order valence-corrected chi connectivity index (χ0v) is 12.0. The number of sulfone groups is 1. The van der Waals surface area contributed by atoms with E-state index in [4.69, 9.17) is 0 Å². The highest BCUT2D eigenvalue weighted by molar-refractivity contribution is 7.91. The number of hydrogen-bond donors (Lipinski definition) is 0. The van der Waals surface area contributed by atoms with Gasteiger partial charge in [0.2, 0.25) is 0 Å². The Bertz CT molecular complexity index is 519. The molecule has 0 unspecified atom stereocenters. The van der Waals surface area contributed by atoms with E-state index in [1.807, 2.05) is 17.0 Å². The van der Waals surface area contributed by atoms with Crippen molar-refractivity contribution in [3.8, 4) is 0 Å². The van der Waals surface area contributed by atoms with Crippen LogP contribution >= 0.6 is 11.3 Å². The third kappa shape index (κ3) is 3.40. The number of aryl methyl sites for hydroxylation is 1. The molecule has 1 aliphatic heterocycles. The normalized spacial score (nSPS) is 19.8. The fourth-order valence-corrected chi connectivity index (χ4v) is 4.06. The molecule has 2 rings (SSSR count). The Morgan fingerprint density at radius 3 is 2.56 bits per heavy atom. The fraction of sp³-hybridized carbons (Fsp3) is 0.583. The number of hydrogen-bond acceptors (Lipinski definition) is 5. The minimum atomic E-state index is -2.87. The highest BCUT2D eigenvalue weighted by atomic mass is 32.2. The Morgan fingerprint density at radius 1 is 1.33 bits per heavy atom. The van der Waals surface area contributed by atoms with Gasteiger partial charge in [0.25, 0.3) is 0 Å². The third-order valence-electron chi connectivity index (χ3n) is 3.09. The van der Waals surface area contributed by atoms with Crippen LogP contribution in [0.4, 0.5) is 0 Å². The Hall–Kier alpha value is -0.720. The maximum Gasteiger partial charge on any atom is 0.186 e. The molecule has 1 saturated heterocycles. The highest BCUT2D eigenvalue weighted by Gasteiger charge is 2.23. The van der Waals surface area contributed by atoms with E-state index in [1.165, 1.54) is 16.2 Å². The maximum absolute atomic E-state index is 12.0. The van der Waals surface area contributed by atoms with Crippen molar-refractivity contribution in [2.24, 2.45) is 0 Å². The number of carbonyl (C=O) groups excluding carboxylic acids is 1. The summed E-state index contributed by atoms with van der Waals surface area (Å²) in [4.78, 5) is 15.9. The molecule has 0 atom stereocenters. The summed E-state index contributed by atoms with van der Waals surface area (Å²) in [5.74, 6) is 0.439. The van der Waals surface area contributed by atoms with Crippen LogP contribution in [0, 0.1) is 0 Å². The standard InChI is InChI=1S/C12H17NO3S2/c1-2-10-3-4-12(17-10)11(14)9-13-5-7-18(15,16)8-6-13/h3-4H,2,5-9H2,1H3. The van der Waals surface area contributed by atoms with Crippen molar-refractivity contribution in [1.29, 1.82) is 0 Å². The van der Waals surface area contributed by atoms with Crippen molar-refractivity contribution in [2.75, 3.05) is 31.1 Å². The predicted molar refractivity (Wildman–Crippen MR) is 73.1 cm³/mol. The van der Waals surface area contributed by atoms with Crippen LogP contribution in [0.1, 0.15) is 21.5 Å². The second-order valence-corrected chi connectivity index (χ2v) is 7.94. The predicted octanol–water partition coefficient (Wildman–Crippen LogP) is 1.22. The van der Waals surface area contributed by atoms with Crippen molar-refractivity contribution in [1.82, 2.24) is 4.90 Å². The molecule has 0 radical (unpaired) electrons. The van der Waals surface area contributed by atoms with Crippen molar-refractivity contribution in [3.63, 3.8) is 0 Å². The quantitative estimate of drug-likeness (QED) is 0.782. The summed E-state index contributed by atoms with van der Waals surface area (Å²) < 4.78 is 22.6. The summed E-state index contributed by atoms with van der Waals surface area (Å²) in [5, 5.41) is 0. The molecule has 4 nitrogen and oxygen atoms in total. The van der Waals surface area contributed by atoms with Gasteiger partial charge in [-0.2, -0.15) is 0 Å². The third-order valence-corrected chi connectivity index (χ3v) is 5.97. The largest absolute Gasteiger partial charge is 0.294 e. The van der Waals surface area contributed by atoms with E-state index in [-0.39, 0.29) is 17.3 Å². The first-order valence-electron chi connectivity index (χ1n) is 6.05. The first-order chi connectivity index (χ1) is 8.50. The van der Waals surface area contributed by atoms with Crippen LogP contribution in [0.3, 0.4) is 0 Å². The van der Waals surface area contributed by atoms with E-state index in [2.05, 4.69) is 6.92 Å². The van der Waals surface area contributed by atoms with Gasteiger partial charge in [0, 0.05) is 18.0 Å². The molecular formula is C12H17NO3S2. The van der Waals surface area contributed by atoms with Gasteiger partial charge in [0.05, 0.1) is 22.9 Å². The van der Waals surface area contributed by atoms with Gasteiger partial charge in [0.15, 0.2) is 15.6 Å². The van der Waals surface area contributed by atoms with Crippen molar-refractivity contribution in [3.05, 3.63) is 21.9 Å². The first kappa shape index (κ1) is 13.7. The lowest BCUT2D eigenvalue weighted by atomic mass is 10.3. The smallest absolute Gasteiger partial charge is 0.186 e. The second-order valence-electron chi connectivity index (χ2n) is 4.47. The molecule has 0 spiro atoms. The number of ketones is 1. The molecule has 18 heavy (non-hydrogen) atoms. The molecule has 100 valence electrons. The number of Topliss-reactive ketones (excluding diaryl/α,β-unsaturated/α-hetero) is 1. The van der Waals surface area contributed by atoms with Gasteiger partial charge in [0.1, 0.15) is 0 Å². The molecule has 1 aromatic heterocycles. The van der Waals surface area contributed by atoms with Gasteiger partial charge in [-0.1, -0.05) is 6.92 Å². The SMILES string of the molecule is CCc1ccc(C(=O)CN2CCS(=O)(=O)CC2)s1. The second kappa shape index (κ2) is 5.50. The van der Waals surface area contributed by atoms with Crippen LogP contribution in [0.5, 0.6) is 0 Å². The summed E-state index contributed by atoms with van der Waals surface area (Å²) in [7, 11) is -2.87. The topological polar surface area (TPSA) is 54.5 Å². The zero-order chi connectivity index (χ0) is 13.2. The van der Waals surface area contributed by atoms with Gasteiger partial charge in [-0.3, -0.25) is 9.69 Å². The molecule has 0 aliphatic carbocycles. The highest BCUT2D eigenvalue weighted by Crippen LogP contribution is 2.18. The van der Waals surface area contributed by atoms with E-state index in [0.29, 0.717) is 19.6 Å². The summed E-state index contributed by atoms with van der Waals surface area (Å²) >= 11 is 1.53. The number of rotatable bonds is 4. The zero-order valence-electron chi connectivity index (χ0n) is 10.4. The Morgan fingerprint density at radius 2 is 2.00 bits per heavy atom. The van der Waals surface area contributed by atoms with E-state index < -0.39 is 9.84 Å². The molecule has 6 heteroatoms. The Labute approximate surface area is 112 Å². The summed E-state index contributed by atoms with van der Waals surface area (Å²) in [6, 6.07) is 3.85. The van der Waals surface area contributed by atoms with Gasteiger partial charge in [-0.05, 0) is 18.6 Å².